The van der Waals surface area contributed by atoms with Crippen LogP contribution in [-0.4, -0.2) is 59.9 Å². The molecule has 6 heteroatoms. The smallest absolute Gasteiger partial charge is 0.410 e. The summed E-state index contributed by atoms with van der Waals surface area (Å²) in [5.74, 6) is 0.710. The Labute approximate surface area is 179 Å². The standard InChI is InChI=1S/C24H34N2O4/c1-5-15-29-23(28)26(21-16-20(21)19-9-7-6-8-10-19)17-18-11-13-25(14-12-18)22(27)30-24(2,3)4/h5-10,18,20-21H,1,11-17H2,2-4H3. The molecular formula is C24H34N2O4. The van der Waals surface area contributed by atoms with Gasteiger partial charge in [-0.3, -0.25) is 0 Å². The molecule has 0 bridgehead atoms. The molecule has 2 unspecified atom stereocenters. The molecule has 2 atom stereocenters. The molecule has 1 aliphatic carbocycles. The van der Waals surface area contributed by atoms with E-state index in [2.05, 4.69) is 18.7 Å². The lowest BCUT2D eigenvalue weighted by Gasteiger charge is -2.35. The van der Waals surface area contributed by atoms with Crippen LogP contribution in [0.4, 0.5) is 9.59 Å². The van der Waals surface area contributed by atoms with Gasteiger partial charge in [0.05, 0.1) is 0 Å². The zero-order chi connectivity index (χ0) is 21.7. The highest BCUT2D eigenvalue weighted by molar-refractivity contribution is 5.69. The van der Waals surface area contributed by atoms with Crippen molar-refractivity contribution in [1.82, 2.24) is 9.80 Å². The summed E-state index contributed by atoms with van der Waals surface area (Å²) >= 11 is 0. The second kappa shape index (κ2) is 9.54. The van der Waals surface area contributed by atoms with E-state index in [0.29, 0.717) is 31.5 Å². The molecule has 2 aliphatic rings. The molecule has 1 aromatic rings. The molecule has 1 aromatic carbocycles. The predicted octanol–water partition coefficient (Wildman–Crippen LogP) is 4.81. The molecule has 1 heterocycles. The zero-order valence-electron chi connectivity index (χ0n) is 18.4. The molecule has 3 rings (SSSR count). The highest BCUT2D eigenvalue weighted by atomic mass is 16.6. The average molecular weight is 415 g/mol. The van der Waals surface area contributed by atoms with Gasteiger partial charge in [-0.2, -0.15) is 0 Å². The van der Waals surface area contributed by atoms with Crippen molar-refractivity contribution in [3.63, 3.8) is 0 Å². The minimum atomic E-state index is -0.488. The van der Waals surface area contributed by atoms with E-state index in [4.69, 9.17) is 9.47 Å². The van der Waals surface area contributed by atoms with Crippen molar-refractivity contribution in [2.24, 2.45) is 5.92 Å². The number of rotatable bonds is 6. The minimum absolute atomic E-state index is 0.175. The van der Waals surface area contributed by atoms with Crippen LogP contribution in [0.25, 0.3) is 0 Å². The van der Waals surface area contributed by atoms with Gasteiger partial charge in [0, 0.05) is 31.6 Å². The van der Waals surface area contributed by atoms with Gasteiger partial charge in [0.25, 0.3) is 0 Å². The SMILES string of the molecule is C=CCOC(=O)N(CC1CCN(C(=O)OC(C)(C)C)CC1)C1CC1c1ccccc1. The Bertz CT molecular complexity index is 735. The van der Waals surface area contributed by atoms with Crippen LogP contribution in [0.1, 0.15) is 51.5 Å². The van der Waals surface area contributed by atoms with E-state index >= 15 is 0 Å². The van der Waals surface area contributed by atoms with E-state index < -0.39 is 5.60 Å². The number of carbonyl (C=O) groups is 2. The van der Waals surface area contributed by atoms with Gasteiger partial charge >= 0.3 is 12.2 Å². The first-order valence-electron chi connectivity index (χ1n) is 10.9. The van der Waals surface area contributed by atoms with Gasteiger partial charge in [0.2, 0.25) is 0 Å². The fraction of sp³-hybridized carbons (Fsp3) is 0.583. The van der Waals surface area contributed by atoms with Crippen molar-refractivity contribution in [2.75, 3.05) is 26.2 Å². The summed E-state index contributed by atoms with van der Waals surface area (Å²) in [5.41, 5.74) is 0.779. The van der Waals surface area contributed by atoms with Crippen LogP contribution in [0, 0.1) is 5.92 Å². The van der Waals surface area contributed by atoms with Gasteiger partial charge in [-0.1, -0.05) is 43.0 Å². The number of amides is 2. The van der Waals surface area contributed by atoms with Crippen LogP contribution in [-0.2, 0) is 9.47 Å². The van der Waals surface area contributed by atoms with Crippen LogP contribution in [0.2, 0.25) is 0 Å². The highest BCUT2D eigenvalue weighted by Crippen LogP contribution is 2.45. The number of ether oxygens (including phenoxy) is 2. The molecule has 1 aliphatic heterocycles. The minimum Gasteiger partial charge on any atom is -0.445 e. The third-order valence-corrected chi connectivity index (χ3v) is 5.67. The molecule has 6 nitrogen and oxygen atoms in total. The Morgan fingerprint density at radius 2 is 1.87 bits per heavy atom. The van der Waals surface area contributed by atoms with Crippen LogP contribution in [0.3, 0.4) is 0 Å². The van der Waals surface area contributed by atoms with Gasteiger partial charge in [0.15, 0.2) is 0 Å². The maximum atomic E-state index is 12.7. The maximum Gasteiger partial charge on any atom is 0.410 e. The number of hydrogen-bond acceptors (Lipinski definition) is 4. The Balaban J connectivity index is 1.57. The Hall–Kier alpha value is -2.50. The summed E-state index contributed by atoms with van der Waals surface area (Å²) in [6.45, 7) is 11.5. The first-order chi connectivity index (χ1) is 14.3. The first-order valence-corrected chi connectivity index (χ1v) is 10.9. The van der Waals surface area contributed by atoms with Crippen molar-refractivity contribution >= 4 is 12.2 Å². The number of likely N-dealkylation sites (tertiary alicyclic amines) is 1. The van der Waals surface area contributed by atoms with Crippen molar-refractivity contribution in [2.45, 2.75) is 57.6 Å². The summed E-state index contributed by atoms with van der Waals surface area (Å²) in [5, 5.41) is 0. The summed E-state index contributed by atoms with van der Waals surface area (Å²) in [4.78, 5) is 28.7. The molecule has 2 amide bonds. The Kier molecular flexibility index (Phi) is 7.06. The van der Waals surface area contributed by atoms with Crippen molar-refractivity contribution in [1.29, 1.82) is 0 Å². The first kappa shape index (κ1) is 22.2. The lowest BCUT2D eigenvalue weighted by Crippen LogP contribution is -2.45. The average Bonchev–Trinajstić information content (AvgIpc) is 3.50. The fourth-order valence-electron chi connectivity index (χ4n) is 4.05. The Morgan fingerprint density at radius 1 is 1.20 bits per heavy atom. The molecule has 164 valence electrons. The lowest BCUT2D eigenvalue weighted by molar-refractivity contribution is 0.0164. The van der Waals surface area contributed by atoms with Crippen LogP contribution in [0.5, 0.6) is 0 Å². The second-order valence-corrected chi connectivity index (χ2v) is 9.25. The monoisotopic (exact) mass is 414 g/mol. The summed E-state index contributed by atoms with van der Waals surface area (Å²) in [6.07, 6.45) is 3.74. The molecule has 1 saturated heterocycles. The normalized spacial score (nSPS) is 21.6. The van der Waals surface area contributed by atoms with Gasteiger partial charge < -0.3 is 19.3 Å². The van der Waals surface area contributed by atoms with E-state index in [0.717, 1.165) is 19.3 Å². The van der Waals surface area contributed by atoms with E-state index in [9.17, 15) is 9.59 Å². The largest absolute Gasteiger partial charge is 0.445 e. The fourth-order valence-corrected chi connectivity index (χ4v) is 4.05. The molecule has 0 spiro atoms. The van der Waals surface area contributed by atoms with Crippen LogP contribution >= 0.6 is 0 Å². The van der Waals surface area contributed by atoms with Crippen molar-refractivity contribution in [3.05, 3.63) is 48.6 Å². The Morgan fingerprint density at radius 3 is 2.47 bits per heavy atom. The molecule has 1 saturated carbocycles. The topological polar surface area (TPSA) is 59.1 Å². The van der Waals surface area contributed by atoms with E-state index in [1.807, 2.05) is 43.9 Å². The van der Waals surface area contributed by atoms with Crippen LogP contribution in [0.15, 0.2) is 43.0 Å². The zero-order valence-corrected chi connectivity index (χ0v) is 18.4. The second-order valence-electron chi connectivity index (χ2n) is 9.25. The molecule has 0 aromatic heterocycles. The summed E-state index contributed by atoms with van der Waals surface area (Å²) < 4.78 is 10.9. The third-order valence-electron chi connectivity index (χ3n) is 5.67. The number of carbonyl (C=O) groups excluding carboxylic acids is 2. The van der Waals surface area contributed by atoms with E-state index in [-0.39, 0.29) is 24.8 Å². The number of piperidine rings is 1. The number of nitrogens with zero attached hydrogens (tertiary/aromatic N) is 2. The third kappa shape index (κ3) is 6.00. The van der Waals surface area contributed by atoms with Crippen molar-refractivity contribution in [3.8, 4) is 0 Å². The van der Waals surface area contributed by atoms with Crippen molar-refractivity contribution < 1.29 is 19.1 Å². The predicted molar refractivity (Wildman–Crippen MR) is 116 cm³/mol. The maximum absolute atomic E-state index is 12.7. The number of hydrogen-bond donors (Lipinski definition) is 0. The quantitative estimate of drug-likeness (QED) is 0.627. The van der Waals surface area contributed by atoms with Gasteiger partial charge in [0.1, 0.15) is 12.2 Å². The number of benzene rings is 1. The van der Waals surface area contributed by atoms with E-state index in [1.165, 1.54) is 5.56 Å². The summed E-state index contributed by atoms with van der Waals surface area (Å²) in [6, 6.07) is 10.5. The van der Waals surface area contributed by atoms with Gasteiger partial charge in [-0.15, -0.1) is 0 Å². The molecule has 30 heavy (non-hydrogen) atoms. The van der Waals surface area contributed by atoms with Gasteiger partial charge in [-0.25, -0.2) is 9.59 Å². The highest BCUT2D eigenvalue weighted by Gasteiger charge is 2.46. The van der Waals surface area contributed by atoms with Crippen LogP contribution < -0.4 is 0 Å². The molecule has 0 N–H and O–H groups in total. The van der Waals surface area contributed by atoms with E-state index in [1.54, 1.807) is 11.0 Å². The molecule has 2 fully saturated rings. The summed E-state index contributed by atoms with van der Waals surface area (Å²) in [7, 11) is 0. The lowest BCUT2D eigenvalue weighted by atomic mass is 9.96. The van der Waals surface area contributed by atoms with Gasteiger partial charge in [-0.05, 0) is 51.5 Å². The molecular weight excluding hydrogens is 380 g/mol. The molecule has 0 radical (unpaired) electrons.